The number of halogens is 3. The monoisotopic (exact) mass is 366 g/mol. The van der Waals surface area contributed by atoms with Crippen LogP contribution in [0.3, 0.4) is 0 Å². The zero-order valence-electron chi connectivity index (χ0n) is 14.8. The lowest BCUT2D eigenvalue weighted by molar-refractivity contribution is -0.148. The Kier molecular flexibility index (Phi) is 6.98. The van der Waals surface area contributed by atoms with E-state index in [1.54, 1.807) is 27.8 Å². The Morgan fingerprint density at radius 2 is 1.92 bits per heavy atom. The van der Waals surface area contributed by atoms with Crippen LogP contribution in [0.2, 0.25) is 0 Å². The summed E-state index contributed by atoms with van der Waals surface area (Å²) in [6, 6.07) is -1.29. The zero-order valence-corrected chi connectivity index (χ0v) is 14.8. The maximum Gasteiger partial charge on any atom is 0.432 e. The number of aliphatic hydroxyl groups excluding tert-OH is 1. The molecule has 0 bridgehead atoms. The number of aliphatic carboxylic acids is 1. The van der Waals surface area contributed by atoms with Crippen molar-refractivity contribution in [1.29, 1.82) is 0 Å². The number of H-pyrrole nitrogens is 1. The molecule has 1 heterocycles. The highest BCUT2D eigenvalue weighted by Crippen LogP contribution is 2.31. The average Bonchev–Trinajstić information content (AvgIpc) is 3.02. The van der Waals surface area contributed by atoms with Crippen LogP contribution in [0.15, 0.2) is 6.07 Å². The lowest BCUT2D eigenvalue weighted by Gasteiger charge is -2.36. The minimum atomic E-state index is -4.55. The van der Waals surface area contributed by atoms with Crippen LogP contribution in [0.4, 0.5) is 13.2 Å². The van der Waals surface area contributed by atoms with Crippen molar-refractivity contribution >= 4 is 5.97 Å². The molecule has 1 rings (SSSR count). The summed E-state index contributed by atoms with van der Waals surface area (Å²) in [6.07, 6.45) is -5.51. The molecule has 144 valence electrons. The number of carboxylic acids is 1. The summed E-state index contributed by atoms with van der Waals surface area (Å²) in [5.74, 6) is -1.84. The first-order chi connectivity index (χ1) is 11.4. The largest absolute Gasteiger partial charge is 0.480 e. The van der Waals surface area contributed by atoms with Gasteiger partial charge in [0, 0.05) is 12.0 Å². The number of hydrogen-bond acceptors (Lipinski definition) is 5. The van der Waals surface area contributed by atoms with Gasteiger partial charge in [0.15, 0.2) is 0 Å². The van der Waals surface area contributed by atoms with Gasteiger partial charge in [-0.25, -0.2) is 0 Å². The fraction of sp³-hybridized carbons (Fsp3) is 0.733. The van der Waals surface area contributed by atoms with Gasteiger partial charge in [0.2, 0.25) is 0 Å². The lowest BCUT2D eigenvalue weighted by atomic mass is 9.89. The quantitative estimate of drug-likeness (QED) is 0.556. The third kappa shape index (κ3) is 4.93. The third-order valence-corrected chi connectivity index (χ3v) is 4.64. The molecule has 0 amide bonds. The summed E-state index contributed by atoms with van der Waals surface area (Å²) in [4.78, 5) is 13.1. The van der Waals surface area contributed by atoms with Crippen LogP contribution in [0.1, 0.15) is 38.2 Å². The Morgan fingerprint density at radius 3 is 2.32 bits per heavy atom. The second-order valence-electron chi connectivity index (χ2n) is 6.26. The Hall–Kier alpha value is -1.65. The van der Waals surface area contributed by atoms with E-state index in [0.717, 1.165) is 6.07 Å². The molecule has 0 saturated heterocycles. The SMILES string of the molecule is CN[C@@H](C)[C@H](O)[C@H](C)C(C(=O)O)N(C)C(C)c1cc(C(F)(F)F)[nH]n1. The van der Waals surface area contributed by atoms with Crippen LogP contribution in [0.5, 0.6) is 0 Å². The number of alkyl halides is 3. The highest BCUT2D eigenvalue weighted by atomic mass is 19.4. The van der Waals surface area contributed by atoms with Gasteiger partial charge in [-0.1, -0.05) is 6.92 Å². The standard InChI is InChI=1S/C15H25F3N4O3/c1-7(13(23)8(2)19-4)12(14(24)25)22(5)9(3)10-6-11(21-20-10)15(16,17)18/h6-9,12-13,19,23H,1-5H3,(H,20,21)(H,24,25)/t7-,8+,9?,12?,13-/m1/s1. The number of nitrogens with one attached hydrogen (secondary N) is 2. The molecule has 7 nitrogen and oxygen atoms in total. The minimum Gasteiger partial charge on any atom is -0.480 e. The normalized spacial score (nSPS) is 18.6. The predicted molar refractivity (Wildman–Crippen MR) is 84.9 cm³/mol. The molecule has 4 N–H and O–H groups in total. The van der Waals surface area contributed by atoms with Gasteiger partial charge in [-0.2, -0.15) is 18.3 Å². The van der Waals surface area contributed by atoms with Gasteiger partial charge in [0.25, 0.3) is 0 Å². The van der Waals surface area contributed by atoms with E-state index >= 15 is 0 Å². The van der Waals surface area contributed by atoms with Crippen molar-refractivity contribution in [2.75, 3.05) is 14.1 Å². The second kappa shape index (κ2) is 8.15. The Morgan fingerprint density at radius 1 is 1.36 bits per heavy atom. The van der Waals surface area contributed by atoms with E-state index in [2.05, 4.69) is 10.4 Å². The van der Waals surface area contributed by atoms with Crippen molar-refractivity contribution in [3.8, 4) is 0 Å². The zero-order chi connectivity index (χ0) is 19.5. The Bertz CT molecular complexity index is 579. The van der Waals surface area contributed by atoms with Crippen molar-refractivity contribution in [2.24, 2.45) is 5.92 Å². The van der Waals surface area contributed by atoms with Crippen molar-refractivity contribution in [3.63, 3.8) is 0 Å². The van der Waals surface area contributed by atoms with E-state index in [-0.39, 0.29) is 11.7 Å². The molecule has 0 aliphatic carbocycles. The molecule has 0 fully saturated rings. The molecule has 0 saturated carbocycles. The Labute approximate surface area is 144 Å². The maximum absolute atomic E-state index is 12.7. The summed E-state index contributed by atoms with van der Waals surface area (Å²) in [5.41, 5.74) is -0.920. The van der Waals surface area contributed by atoms with E-state index in [1.807, 2.05) is 5.10 Å². The number of carboxylic acid groups (broad SMARTS) is 1. The van der Waals surface area contributed by atoms with Crippen molar-refractivity contribution in [2.45, 2.75) is 51.2 Å². The molecule has 0 radical (unpaired) electrons. The number of rotatable bonds is 8. The molecule has 1 aromatic rings. The van der Waals surface area contributed by atoms with Crippen molar-refractivity contribution in [3.05, 3.63) is 17.5 Å². The first kappa shape index (κ1) is 21.4. The fourth-order valence-corrected chi connectivity index (χ4v) is 2.73. The van der Waals surface area contributed by atoms with Crippen LogP contribution >= 0.6 is 0 Å². The number of carbonyl (C=O) groups is 1. The van der Waals surface area contributed by atoms with E-state index in [9.17, 15) is 28.2 Å². The summed E-state index contributed by atoms with van der Waals surface area (Å²) < 4.78 is 38.1. The van der Waals surface area contributed by atoms with Crippen LogP contribution in [0, 0.1) is 5.92 Å². The van der Waals surface area contributed by atoms with Crippen LogP contribution in [-0.2, 0) is 11.0 Å². The van der Waals surface area contributed by atoms with E-state index < -0.39 is 41.9 Å². The Balaban J connectivity index is 3.04. The molecule has 0 spiro atoms. The number of aromatic amines is 1. The highest BCUT2D eigenvalue weighted by Gasteiger charge is 2.39. The molecule has 2 unspecified atom stereocenters. The molecular weight excluding hydrogens is 341 g/mol. The van der Waals surface area contributed by atoms with Crippen LogP contribution in [-0.4, -0.2) is 63.6 Å². The molecule has 0 aromatic carbocycles. The third-order valence-electron chi connectivity index (χ3n) is 4.64. The highest BCUT2D eigenvalue weighted by molar-refractivity contribution is 5.74. The molecular formula is C15H25F3N4O3. The van der Waals surface area contributed by atoms with Gasteiger partial charge in [0.05, 0.1) is 17.8 Å². The van der Waals surface area contributed by atoms with Gasteiger partial charge in [-0.05, 0) is 34.0 Å². The first-order valence-electron chi connectivity index (χ1n) is 7.84. The number of aliphatic hydroxyl groups is 1. The van der Waals surface area contributed by atoms with Crippen molar-refractivity contribution in [1.82, 2.24) is 20.4 Å². The van der Waals surface area contributed by atoms with E-state index in [0.29, 0.717) is 0 Å². The maximum atomic E-state index is 12.7. The van der Waals surface area contributed by atoms with Gasteiger partial charge in [0.1, 0.15) is 11.7 Å². The lowest BCUT2D eigenvalue weighted by Crippen LogP contribution is -2.52. The minimum absolute atomic E-state index is 0.0735. The van der Waals surface area contributed by atoms with Gasteiger partial charge in [-0.15, -0.1) is 0 Å². The summed E-state index contributed by atoms with van der Waals surface area (Å²) >= 11 is 0. The molecule has 5 atom stereocenters. The topological polar surface area (TPSA) is 101 Å². The molecule has 0 aliphatic rings. The van der Waals surface area contributed by atoms with Crippen LogP contribution in [0.25, 0.3) is 0 Å². The number of hydrogen-bond donors (Lipinski definition) is 4. The molecule has 1 aromatic heterocycles. The smallest absolute Gasteiger partial charge is 0.432 e. The van der Waals surface area contributed by atoms with Gasteiger partial charge in [-0.3, -0.25) is 14.8 Å². The summed E-state index contributed by atoms with van der Waals surface area (Å²) in [6.45, 7) is 4.87. The molecule has 10 heteroatoms. The number of likely N-dealkylation sites (N-methyl/N-ethyl adjacent to an activating group) is 2. The first-order valence-corrected chi connectivity index (χ1v) is 7.84. The number of aromatic nitrogens is 2. The fourth-order valence-electron chi connectivity index (χ4n) is 2.73. The number of nitrogens with zero attached hydrogens (tertiary/aromatic N) is 2. The summed E-state index contributed by atoms with van der Waals surface area (Å²) in [7, 11) is 3.13. The molecule has 25 heavy (non-hydrogen) atoms. The van der Waals surface area contributed by atoms with Gasteiger partial charge >= 0.3 is 12.1 Å². The van der Waals surface area contributed by atoms with E-state index in [4.69, 9.17) is 0 Å². The average molecular weight is 366 g/mol. The van der Waals surface area contributed by atoms with Crippen molar-refractivity contribution < 1.29 is 28.2 Å². The second-order valence-corrected chi connectivity index (χ2v) is 6.26. The summed E-state index contributed by atoms with van der Waals surface area (Å²) in [5, 5.41) is 28.3. The van der Waals surface area contributed by atoms with Gasteiger partial charge < -0.3 is 15.5 Å². The van der Waals surface area contributed by atoms with E-state index in [1.165, 1.54) is 11.9 Å². The van der Waals surface area contributed by atoms with Crippen LogP contribution < -0.4 is 5.32 Å². The predicted octanol–water partition coefficient (Wildman–Crippen LogP) is 1.48. The molecule has 0 aliphatic heterocycles.